The maximum absolute atomic E-state index is 11.8. The Bertz CT molecular complexity index is 600. The Morgan fingerprint density at radius 3 is 2.75 bits per heavy atom. The number of methoxy groups -OCH3 is 1. The first kappa shape index (κ1) is 16.5. The van der Waals surface area contributed by atoms with Gasteiger partial charge >= 0.3 is 5.97 Å². The van der Waals surface area contributed by atoms with Gasteiger partial charge in [0, 0.05) is 6.54 Å². The smallest absolute Gasteiger partial charge is 0.343 e. The quantitative estimate of drug-likeness (QED) is 0.606. The van der Waals surface area contributed by atoms with Crippen molar-refractivity contribution in [2.45, 2.75) is 4.90 Å². The molecule has 0 radical (unpaired) electrons. The van der Waals surface area contributed by atoms with Crippen LogP contribution in [-0.2, 0) is 19.6 Å². The van der Waals surface area contributed by atoms with Crippen LogP contribution in [0.4, 0.5) is 0 Å². The number of hydrogen-bond acceptors (Lipinski definition) is 5. The van der Waals surface area contributed by atoms with Crippen LogP contribution in [0.2, 0.25) is 5.02 Å². The molecule has 0 aromatic heterocycles. The zero-order valence-corrected chi connectivity index (χ0v) is 12.3. The van der Waals surface area contributed by atoms with Gasteiger partial charge in [0.15, 0.2) is 6.61 Å². The van der Waals surface area contributed by atoms with E-state index in [9.17, 15) is 13.2 Å². The Balaban J connectivity index is 2.87. The zero-order valence-electron chi connectivity index (χ0n) is 10.8. The molecule has 0 saturated heterocycles. The van der Waals surface area contributed by atoms with Crippen LogP contribution in [0.15, 0.2) is 35.7 Å². The van der Waals surface area contributed by atoms with Crippen LogP contribution in [0, 0.1) is 0 Å². The topological polar surface area (TPSA) is 81.7 Å². The van der Waals surface area contributed by atoms with Crippen molar-refractivity contribution < 1.29 is 22.7 Å². The van der Waals surface area contributed by atoms with Gasteiger partial charge in [0.25, 0.3) is 0 Å². The van der Waals surface area contributed by atoms with Gasteiger partial charge in [-0.2, -0.15) is 0 Å². The van der Waals surface area contributed by atoms with Gasteiger partial charge in [0.05, 0.1) is 17.0 Å². The van der Waals surface area contributed by atoms with Crippen LogP contribution in [0.25, 0.3) is 0 Å². The monoisotopic (exact) mass is 319 g/mol. The number of rotatable bonds is 7. The van der Waals surface area contributed by atoms with E-state index in [0.717, 1.165) is 0 Å². The minimum Gasteiger partial charge on any atom is -0.480 e. The molecule has 1 aromatic carbocycles. The fraction of sp³-hybridized carbons (Fsp3) is 0.250. The highest BCUT2D eigenvalue weighted by atomic mass is 35.5. The van der Waals surface area contributed by atoms with E-state index in [2.05, 4.69) is 16.0 Å². The Labute approximate surface area is 122 Å². The molecule has 0 spiro atoms. The summed E-state index contributed by atoms with van der Waals surface area (Å²) in [5.74, 6) is -0.370. The van der Waals surface area contributed by atoms with E-state index < -0.39 is 16.0 Å². The van der Waals surface area contributed by atoms with E-state index in [0.29, 0.717) is 0 Å². The summed E-state index contributed by atoms with van der Waals surface area (Å²) in [7, 11) is -2.42. The number of benzene rings is 1. The molecular weight excluding hydrogens is 306 g/mol. The van der Waals surface area contributed by atoms with E-state index in [4.69, 9.17) is 16.3 Å². The molecular formula is C12H14ClNO5S. The molecule has 0 saturated carbocycles. The SMILES string of the molecule is C=CCNS(=O)(=O)c1ccc(OCC(=O)OC)c(Cl)c1. The number of carbonyl (C=O) groups is 1. The summed E-state index contributed by atoms with van der Waals surface area (Å²) in [6.07, 6.45) is 1.42. The maximum atomic E-state index is 11.8. The van der Waals surface area contributed by atoms with Gasteiger partial charge in [-0.3, -0.25) is 0 Å². The van der Waals surface area contributed by atoms with Gasteiger partial charge in [0.2, 0.25) is 10.0 Å². The molecule has 0 fully saturated rings. The van der Waals surface area contributed by atoms with Crippen molar-refractivity contribution in [1.29, 1.82) is 0 Å². The Kier molecular flexibility index (Phi) is 6.00. The Morgan fingerprint density at radius 2 is 2.20 bits per heavy atom. The molecule has 110 valence electrons. The third-order valence-electron chi connectivity index (χ3n) is 2.20. The van der Waals surface area contributed by atoms with Crippen molar-refractivity contribution in [3.8, 4) is 5.75 Å². The van der Waals surface area contributed by atoms with E-state index in [1.807, 2.05) is 0 Å². The highest BCUT2D eigenvalue weighted by Crippen LogP contribution is 2.27. The van der Waals surface area contributed by atoms with Gasteiger partial charge in [-0.05, 0) is 18.2 Å². The van der Waals surface area contributed by atoms with Crippen molar-refractivity contribution in [1.82, 2.24) is 4.72 Å². The lowest BCUT2D eigenvalue weighted by molar-refractivity contribution is -0.142. The summed E-state index contributed by atoms with van der Waals surface area (Å²) < 4.78 is 35.5. The summed E-state index contributed by atoms with van der Waals surface area (Å²) in [4.78, 5) is 10.9. The summed E-state index contributed by atoms with van der Waals surface area (Å²) in [6, 6.07) is 3.93. The molecule has 1 aromatic rings. The van der Waals surface area contributed by atoms with Crippen LogP contribution in [-0.4, -0.2) is 34.6 Å². The average molecular weight is 320 g/mol. The number of halogens is 1. The lowest BCUT2D eigenvalue weighted by atomic mass is 10.3. The molecule has 0 amide bonds. The molecule has 8 heteroatoms. The first-order valence-electron chi connectivity index (χ1n) is 5.50. The van der Waals surface area contributed by atoms with Gasteiger partial charge < -0.3 is 9.47 Å². The standard InChI is InChI=1S/C12H14ClNO5S/c1-3-6-14-20(16,17)9-4-5-11(10(13)7-9)19-8-12(15)18-2/h3-5,7,14H,1,6,8H2,2H3. The highest BCUT2D eigenvalue weighted by molar-refractivity contribution is 7.89. The third-order valence-corrected chi connectivity index (χ3v) is 3.92. The molecule has 1 rings (SSSR count). The van der Waals surface area contributed by atoms with Crippen molar-refractivity contribution in [3.05, 3.63) is 35.9 Å². The second-order valence-corrected chi connectivity index (χ2v) is 5.77. The minimum absolute atomic E-state index is 0.00484. The second-order valence-electron chi connectivity index (χ2n) is 3.60. The molecule has 0 bridgehead atoms. The van der Waals surface area contributed by atoms with Crippen molar-refractivity contribution in [2.24, 2.45) is 0 Å². The molecule has 0 atom stereocenters. The molecule has 0 aliphatic heterocycles. The lowest BCUT2D eigenvalue weighted by Gasteiger charge is -2.09. The molecule has 0 aliphatic rings. The van der Waals surface area contributed by atoms with E-state index in [1.165, 1.54) is 31.4 Å². The fourth-order valence-electron chi connectivity index (χ4n) is 1.21. The highest BCUT2D eigenvalue weighted by Gasteiger charge is 2.15. The molecule has 6 nitrogen and oxygen atoms in total. The largest absolute Gasteiger partial charge is 0.480 e. The Hall–Kier alpha value is -1.57. The average Bonchev–Trinajstić information content (AvgIpc) is 2.43. The zero-order chi connectivity index (χ0) is 15.2. The van der Waals surface area contributed by atoms with Gasteiger partial charge in [-0.15, -0.1) is 6.58 Å². The molecule has 0 aliphatic carbocycles. The van der Waals surface area contributed by atoms with Crippen LogP contribution in [0.1, 0.15) is 0 Å². The number of esters is 1. The first-order valence-corrected chi connectivity index (χ1v) is 7.36. The van der Waals surface area contributed by atoms with Gasteiger partial charge in [0.1, 0.15) is 5.75 Å². The van der Waals surface area contributed by atoms with Crippen LogP contribution >= 0.6 is 11.6 Å². The minimum atomic E-state index is -3.65. The maximum Gasteiger partial charge on any atom is 0.343 e. The van der Waals surface area contributed by atoms with Gasteiger partial charge in [-0.25, -0.2) is 17.9 Å². The van der Waals surface area contributed by atoms with E-state index in [-0.39, 0.29) is 28.8 Å². The fourth-order valence-corrected chi connectivity index (χ4v) is 2.54. The normalized spacial score (nSPS) is 10.9. The predicted octanol–water partition coefficient (Wildman–Crippen LogP) is 1.36. The van der Waals surface area contributed by atoms with Crippen molar-refractivity contribution in [3.63, 3.8) is 0 Å². The van der Waals surface area contributed by atoms with Crippen molar-refractivity contribution >= 4 is 27.6 Å². The molecule has 0 heterocycles. The van der Waals surface area contributed by atoms with Crippen LogP contribution in [0.3, 0.4) is 0 Å². The van der Waals surface area contributed by atoms with Gasteiger partial charge in [-0.1, -0.05) is 17.7 Å². The summed E-state index contributed by atoms with van der Waals surface area (Å²) >= 11 is 5.91. The summed E-state index contributed by atoms with van der Waals surface area (Å²) in [5, 5.41) is 0.0791. The first-order chi connectivity index (χ1) is 9.40. The summed E-state index contributed by atoms with van der Waals surface area (Å²) in [5.41, 5.74) is 0. The third kappa shape index (κ3) is 4.52. The molecule has 20 heavy (non-hydrogen) atoms. The lowest BCUT2D eigenvalue weighted by Crippen LogP contribution is -2.23. The molecule has 1 N–H and O–H groups in total. The number of nitrogens with one attached hydrogen (secondary N) is 1. The number of carbonyl (C=O) groups excluding carboxylic acids is 1. The van der Waals surface area contributed by atoms with Crippen LogP contribution < -0.4 is 9.46 Å². The number of sulfonamides is 1. The summed E-state index contributed by atoms with van der Waals surface area (Å²) in [6.45, 7) is 3.22. The molecule has 0 unspecified atom stereocenters. The number of ether oxygens (including phenoxy) is 2. The Morgan fingerprint density at radius 1 is 1.50 bits per heavy atom. The van der Waals surface area contributed by atoms with E-state index >= 15 is 0 Å². The predicted molar refractivity (Wildman–Crippen MR) is 74.3 cm³/mol. The second kappa shape index (κ2) is 7.28. The van der Waals surface area contributed by atoms with E-state index in [1.54, 1.807) is 0 Å². The number of hydrogen-bond donors (Lipinski definition) is 1. The van der Waals surface area contributed by atoms with Crippen molar-refractivity contribution in [2.75, 3.05) is 20.3 Å². The van der Waals surface area contributed by atoms with Crippen LogP contribution in [0.5, 0.6) is 5.75 Å².